The number of aromatic nitrogens is 4. The molecule has 2 aromatic heterocycles. The fraction of sp³-hybridized carbons (Fsp3) is 0.333. The SMILES string of the molecule is Cc1ccc(Cn2nc(C)c(NS(=O)(=O)c3cn(C)nc3C)c2C)cc1. The van der Waals surface area contributed by atoms with Crippen LogP contribution in [0.25, 0.3) is 0 Å². The maximum Gasteiger partial charge on any atom is 0.265 e. The van der Waals surface area contributed by atoms with E-state index in [1.807, 2.05) is 18.5 Å². The van der Waals surface area contributed by atoms with Crippen molar-refractivity contribution in [3.63, 3.8) is 0 Å². The molecule has 0 aliphatic heterocycles. The molecule has 1 N–H and O–H groups in total. The van der Waals surface area contributed by atoms with Crippen LogP contribution in [0.4, 0.5) is 5.69 Å². The molecule has 0 aliphatic rings. The van der Waals surface area contributed by atoms with Gasteiger partial charge in [0.1, 0.15) is 4.90 Å². The summed E-state index contributed by atoms with van der Waals surface area (Å²) in [4.78, 5) is 0.171. The molecule has 0 atom stereocenters. The summed E-state index contributed by atoms with van der Waals surface area (Å²) in [5, 5.41) is 8.61. The van der Waals surface area contributed by atoms with Gasteiger partial charge in [-0.2, -0.15) is 10.2 Å². The molecule has 0 saturated carbocycles. The largest absolute Gasteiger partial charge is 0.276 e. The lowest BCUT2D eigenvalue weighted by Gasteiger charge is -2.09. The molecule has 3 rings (SSSR count). The first-order chi connectivity index (χ1) is 12.2. The van der Waals surface area contributed by atoms with Crippen LogP contribution in [0.5, 0.6) is 0 Å². The molecule has 0 aliphatic carbocycles. The zero-order valence-corrected chi connectivity index (χ0v) is 16.4. The van der Waals surface area contributed by atoms with Gasteiger partial charge in [-0.15, -0.1) is 0 Å². The topological polar surface area (TPSA) is 81.8 Å². The lowest BCUT2D eigenvalue weighted by Crippen LogP contribution is -2.14. The van der Waals surface area contributed by atoms with Crippen LogP contribution in [-0.4, -0.2) is 28.0 Å². The van der Waals surface area contributed by atoms with Gasteiger partial charge in [0.2, 0.25) is 0 Å². The van der Waals surface area contributed by atoms with Crippen molar-refractivity contribution in [3.8, 4) is 0 Å². The Labute approximate surface area is 153 Å². The average Bonchev–Trinajstić information content (AvgIpc) is 3.03. The number of hydrogen-bond acceptors (Lipinski definition) is 4. The van der Waals surface area contributed by atoms with Gasteiger partial charge in [-0.3, -0.25) is 14.1 Å². The minimum atomic E-state index is -3.72. The molecule has 0 unspecified atom stereocenters. The molecule has 0 bridgehead atoms. The van der Waals surface area contributed by atoms with Crippen molar-refractivity contribution in [2.75, 3.05) is 4.72 Å². The van der Waals surface area contributed by atoms with Crippen LogP contribution in [0.2, 0.25) is 0 Å². The quantitative estimate of drug-likeness (QED) is 0.745. The predicted molar refractivity (Wildman–Crippen MR) is 101 cm³/mol. The Morgan fingerprint density at radius 1 is 1.00 bits per heavy atom. The number of hydrogen-bond donors (Lipinski definition) is 1. The third-order valence-electron chi connectivity index (χ3n) is 4.33. The maximum absolute atomic E-state index is 12.7. The molecule has 3 aromatic rings. The molecular weight excluding hydrogens is 350 g/mol. The van der Waals surface area contributed by atoms with Crippen molar-refractivity contribution in [2.45, 2.75) is 39.1 Å². The zero-order chi connectivity index (χ0) is 19.1. The van der Waals surface area contributed by atoms with Crippen LogP contribution in [0.15, 0.2) is 35.4 Å². The van der Waals surface area contributed by atoms with E-state index in [1.54, 1.807) is 20.9 Å². The molecular formula is C18H23N5O2S. The Morgan fingerprint density at radius 3 is 2.23 bits per heavy atom. The molecule has 2 heterocycles. The first kappa shape index (κ1) is 18.2. The number of nitrogens with zero attached hydrogens (tertiary/aromatic N) is 4. The summed E-state index contributed by atoms with van der Waals surface area (Å²) in [6, 6.07) is 8.20. The van der Waals surface area contributed by atoms with Crippen molar-refractivity contribution in [1.82, 2.24) is 19.6 Å². The summed E-state index contributed by atoms with van der Waals surface area (Å²) in [5.41, 5.74) is 4.69. The first-order valence-corrected chi connectivity index (χ1v) is 9.78. The monoisotopic (exact) mass is 373 g/mol. The molecule has 26 heavy (non-hydrogen) atoms. The van der Waals surface area contributed by atoms with E-state index in [9.17, 15) is 8.42 Å². The molecule has 7 nitrogen and oxygen atoms in total. The summed E-state index contributed by atoms with van der Waals surface area (Å²) in [7, 11) is -2.02. The van der Waals surface area contributed by atoms with Gasteiger partial charge in [-0.25, -0.2) is 8.42 Å². The van der Waals surface area contributed by atoms with Gasteiger partial charge in [0, 0.05) is 13.2 Å². The van der Waals surface area contributed by atoms with E-state index in [0.717, 1.165) is 11.3 Å². The Hall–Kier alpha value is -2.61. The Morgan fingerprint density at radius 2 is 1.65 bits per heavy atom. The summed E-state index contributed by atoms with van der Waals surface area (Å²) in [6.07, 6.45) is 1.50. The van der Waals surface area contributed by atoms with Crippen molar-refractivity contribution in [1.29, 1.82) is 0 Å². The number of anilines is 1. The summed E-state index contributed by atoms with van der Waals surface area (Å²) >= 11 is 0. The Bertz CT molecular complexity index is 1050. The van der Waals surface area contributed by atoms with Crippen LogP contribution in [0.1, 0.15) is 28.2 Å². The lowest BCUT2D eigenvalue weighted by atomic mass is 10.1. The minimum Gasteiger partial charge on any atom is -0.276 e. The highest BCUT2D eigenvalue weighted by molar-refractivity contribution is 7.92. The number of nitrogens with one attached hydrogen (secondary N) is 1. The molecule has 0 saturated heterocycles. The van der Waals surface area contributed by atoms with E-state index in [4.69, 9.17) is 0 Å². The van der Waals surface area contributed by atoms with E-state index < -0.39 is 10.0 Å². The second-order valence-corrected chi connectivity index (χ2v) is 8.20. The normalized spacial score (nSPS) is 11.7. The molecule has 138 valence electrons. The van der Waals surface area contributed by atoms with E-state index in [1.165, 1.54) is 16.4 Å². The van der Waals surface area contributed by atoms with Crippen LogP contribution < -0.4 is 4.72 Å². The third-order valence-corrected chi connectivity index (χ3v) is 5.78. The fourth-order valence-electron chi connectivity index (χ4n) is 2.90. The van der Waals surface area contributed by atoms with Gasteiger partial charge in [-0.1, -0.05) is 29.8 Å². The zero-order valence-electron chi connectivity index (χ0n) is 15.6. The highest BCUT2D eigenvalue weighted by Crippen LogP contribution is 2.25. The molecule has 0 spiro atoms. The van der Waals surface area contributed by atoms with Crippen LogP contribution in [0, 0.1) is 27.7 Å². The van der Waals surface area contributed by atoms with Gasteiger partial charge in [0.15, 0.2) is 0 Å². The van der Waals surface area contributed by atoms with Crippen molar-refractivity contribution in [2.24, 2.45) is 7.05 Å². The highest BCUT2D eigenvalue weighted by Gasteiger charge is 2.23. The van der Waals surface area contributed by atoms with Crippen molar-refractivity contribution >= 4 is 15.7 Å². The van der Waals surface area contributed by atoms with Gasteiger partial charge < -0.3 is 0 Å². The second-order valence-electron chi connectivity index (χ2n) is 6.55. The Kier molecular flexibility index (Phi) is 4.62. The minimum absolute atomic E-state index is 0.171. The molecule has 0 amide bonds. The van der Waals surface area contributed by atoms with Crippen molar-refractivity contribution in [3.05, 3.63) is 58.7 Å². The maximum atomic E-state index is 12.7. The van der Waals surface area contributed by atoms with Gasteiger partial charge in [-0.05, 0) is 33.3 Å². The average molecular weight is 373 g/mol. The van der Waals surface area contributed by atoms with E-state index >= 15 is 0 Å². The molecule has 0 fully saturated rings. The predicted octanol–water partition coefficient (Wildman–Crippen LogP) is 2.70. The van der Waals surface area contributed by atoms with Gasteiger partial charge >= 0.3 is 0 Å². The Balaban J connectivity index is 1.90. The van der Waals surface area contributed by atoms with Crippen molar-refractivity contribution < 1.29 is 8.42 Å². The molecule has 8 heteroatoms. The summed E-state index contributed by atoms with van der Waals surface area (Å²) in [5.74, 6) is 0. The molecule has 1 aromatic carbocycles. The number of aryl methyl sites for hydroxylation is 4. The van der Waals surface area contributed by atoms with E-state index in [-0.39, 0.29) is 4.90 Å². The highest BCUT2D eigenvalue weighted by atomic mass is 32.2. The van der Waals surface area contributed by atoms with Crippen LogP contribution >= 0.6 is 0 Å². The van der Waals surface area contributed by atoms with Crippen LogP contribution in [0.3, 0.4) is 0 Å². The van der Waals surface area contributed by atoms with Gasteiger partial charge in [0.25, 0.3) is 10.0 Å². The standard InChI is InChI=1S/C18H23N5O2S/c1-12-6-8-16(9-7-12)10-23-15(4)18(14(3)20-23)21-26(24,25)17-11-22(5)19-13(17)2/h6-9,11,21H,10H2,1-5H3. The third kappa shape index (κ3) is 3.50. The fourth-order valence-corrected chi connectivity index (χ4v) is 4.29. The number of sulfonamides is 1. The van der Waals surface area contributed by atoms with Crippen LogP contribution in [-0.2, 0) is 23.6 Å². The summed E-state index contributed by atoms with van der Waals surface area (Å²) in [6.45, 7) is 7.96. The molecule has 0 radical (unpaired) electrons. The van der Waals surface area contributed by atoms with Gasteiger partial charge in [0.05, 0.1) is 29.3 Å². The summed E-state index contributed by atoms with van der Waals surface area (Å²) < 4.78 is 31.5. The second kappa shape index (κ2) is 6.60. The number of benzene rings is 1. The smallest absolute Gasteiger partial charge is 0.265 e. The first-order valence-electron chi connectivity index (χ1n) is 8.30. The number of rotatable bonds is 5. The van der Waals surface area contributed by atoms with E-state index in [0.29, 0.717) is 23.6 Å². The lowest BCUT2D eigenvalue weighted by molar-refractivity contribution is 0.600. The van der Waals surface area contributed by atoms with E-state index in [2.05, 4.69) is 39.2 Å².